The molecule has 0 radical (unpaired) electrons. The van der Waals surface area contributed by atoms with Crippen LogP contribution in [-0.4, -0.2) is 41.4 Å². The number of amides is 1. The number of nitrogens with one attached hydrogen (secondary N) is 1. The molecule has 2 rings (SSSR count). The second-order valence-corrected chi connectivity index (χ2v) is 4.53. The van der Waals surface area contributed by atoms with E-state index in [1.54, 1.807) is 14.0 Å². The maximum atomic E-state index is 11.9. The van der Waals surface area contributed by atoms with Crippen molar-refractivity contribution < 1.29 is 19.1 Å². The Hall–Kier alpha value is -1.40. The number of aromatic nitrogens is 1. The molecule has 1 fully saturated rings. The van der Waals surface area contributed by atoms with E-state index in [4.69, 9.17) is 9.15 Å². The number of ether oxygens (including phenoxy) is 1. The maximum absolute atomic E-state index is 11.9. The van der Waals surface area contributed by atoms with Gasteiger partial charge in [0, 0.05) is 7.11 Å². The number of methoxy groups -OCH3 is 1. The summed E-state index contributed by atoms with van der Waals surface area (Å²) in [4.78, 5) is 15.8. The third-order valence-electron chi connectivity index (χ3n) is 3.38. The first-order valence-electron chi connectivity index (χ1n) is 6.05. The molecule has 0 saturated heterocycles. The molecule has 100 valence electrons. The molecule has 3 atom stereocenters. The van der Waals surface area contributed by atoms with Crippen LogP contribution < -0.4 is 5.32 Å². The summed E-state index contributed by atoms with van der Waals surface area (Å²) >= 11 is 0. The van der Waals surface area contributed by atoms with E-state index >= 15 is 0 Å². The quantitative estimate of drug-likeness (QED) is 0.827. The third kappa shape index (κ3) is 2.54. The maximum Gasteiger partial charge on any atom is 0.273 e. The Bertz CT molecular complexity index is 418. The fourth-order valence-corrected chi connectivity index (χ4v) is 2.31. The number of hydrogen-bond acceptors (Lipinski definition) is 5. The first kappa shape index (κ1) is 13.0. The van der Waals surface area contributed by atoms with Gasteiger partial charge in [0.1, 0.15) is 11.9 Å². The van der Waals surface area contributed by atoms with Crippen LogP contribution in [0.3, 0.4) is 0 Å². The van der Waals surface area contributed by atoms with Gasteiger partial charge in [0.2, 0.25) is 0 Å². The van der Waals surface area contributed by atoms with Crippen molar-refractivity contribution in [2.75, 3.05) is 7.11 Å². The third-order valence-corrected chi connectivity index (χ3v) is 3.38. The van der Waals surface area contributed by atoms with Crippen LogP contribution >= 0.6 is 0 Å². The summed E-state index contributed by atoms with van der Waals surface area (Å²) in [5.41, 5.74) is 0.266. The van der Waals surface area contributed by atoms with Crippen molar-refractivity contribution in [3.63, 3.8) is 0 Å². The Labute approximate surface area is 105 Å². The number of aliphatic hydroxyl groups excluding tert-OH is 1. The van der Waals surface area contributed by atoms with Gasteiger partial charge in [0.05, 0.1) is 12.1 Å². The molecule has 1 heterocycles. The second-order valence-electron chi connectivity index (χ2n) is 4.53. The first-order chi connectivity index (χ1) is 8.63. The summed E-state index contributed by atoms with van der Waals surface area (Å²) < 4.78 is 10.2. The van der Waals surface area contributed by atoms with Crippen LogP contribution in [0, 0.1) is 6.92 Å². The van der Waals surface area contributed by atoms with E-state index in [1.165, 1.54) is 6.39 Å². The minimum absolute atomic E-state index is 0.220. The highest BCUT2D eigenvalue weighted by atomic mass is 16.5. The molecular weight excluding hydrogens is 236 g/mol. The Balaban J connectivity index is 2.01. The molecular formula is C12H18N2O4. The SMILES string of the molecule is CO[C@@H]1CCC[C@@H](NC(=O)c2ncoc2C)[C@H]1O. The summed E-state index contributed by atoms with van der Waals surface area (Å²) in [6.07, 6.45) is 2.80. The molecule has 0 unspecified atom stereocenters. The van der Waals surface area contributed by atoms with Crippen LogP contribution in [0.25, 0.3) is 0 Å². The monoisotopic (exact) mass is 254 g/mol. The predicted octanol–water partition coefficient (Wildman–Crippen LogP) is 0.641. The van der Waals surface area contributed by atoms with Crippen molar-refractivity contribution in [2.45, 2.75) is 44.4 Å². The van der Waals surface area contributed by atoms with Gasteiger partial charge < -0.3 is 19.6 Å². The molecule has 6 nitrogen and oxygen atoms in total. The first-order valence-corrected chi connectivity index (χ1v) is 6.05. The summed E-state index contributed by atoms with van der Waals surface area (Å²) in [6, 6.07) is -0.299. The van der Waals surface area contributed by atoms with Gasteiger partial charge in [-0.05, 0) is 26.2 Å². The summed E-state index contributed by atoms with van der Waals surface area (Å²) in [6.45, 7) is 1.68. The largest absolute Gasteiger partial charge is 0.448 e. The van der Waals surface area contributed by atoms with Crippen molar-refractivity contribution in [1.29, 1.82) is 0 Å². The smallest absolute Gasteiger partial charge is 0.273 e. The number of nitrogens with zero attached hydrogens (tertiary/aromatic N) is 1. The minimum atomic E-state index is -0.681. The highest BCUT2D eigenvalue weighted by Gasteiger charge is 2.33. The highest BCUT2D eigenvalue weighted by molar-refractivity contribution is 5.93. The number of oxazole rings is 1. The van der Waals surface area contributed by atoms with Crippen LogP contribution in [0.5, 0.6) is 0 Å². The van der Waals surface area contributed by atoms with Gasteiger partial charge in [-0.15, -0.1) is 0 Å². The molecule has 2 N–H and O–H groups in total. The number of aliphatic hydroxyl groups is 1. The van der Waals surface area contributed by atoms with E-state index in [2.05, 4.69) is 10.3 Å². The molecule has 6 heteroatoms. The Morgan fingerprint density at radius 1 is 1.61 bits per heavy atom. The van der Waals surface area contributed by atoms with Crippen LogP contribution in [-0.2, 0) is 4.74 Å². The molecule has 18 heavy (non-hydrogen) atoms. The van der Waals surface area contributed by atoms with Crippen molar-refractivity contribution in [3.8, 4) is 0 Å². The van der Waals surface area contributed by atoms with Gasteiger partial charge in [0.15, 0.2) is 12.1 Å². The zero-order valence-electron chi connectivity index (χ0n) is 10.5. The molecule has 1 amide bonds. The van der Waals surface area contributed by atoms with Crippen molar-refractivity contribution in [2.24, 2.45) is 0 Å². The van der Waals surface area contributed by atoms with E-state index in [-0.39, 0.29) is 23.7 Å². The standard InChI is InChI=1S/C12H18N2O4/c1-7-10(13-6-18-7)12(16)14-8-4-3-5-9(17-2)11(8)15/h6,8-9,11,15H,3-5H2,1-2H3,(H,14,16)/t8-,9-,11-/m1/s1. The van der Waals surface area contributed by atoms with E-state index in [0.717, 1.165) is 19.3 Å². The molecule has 0 bridgehead atoms. The molecule has 1 aromatic heterocycles. The highest BCUT2D eigenvalue weighted by Crippen LogP contribution is 2.21. The lowest BCUT2D eigenvalue weighted by Crippen LogP contribution is -2.51. The molecule has 1 aromatic rings. The fraction of sp³-hybridized carbons (Fsp3) is 0.667. The molecule has 1 aliphatic rings. The number of aryl methyl sites for hydroxylation is 1. The Morgan fingerprint density at radius 3 is 3.00 bits per heavy atom. The van der Waals surface area contributed by atoms with Crippen molar-refractivity contribution in [1.82, 2.24) is 10.3 Å². The van der Waals surface area contributed by atoms with Gasteiger partial charge in [0.25, 0.3) is 5.91 Å². The van der Waals surface area contributed by atoms with E-state index in [1.807, 2.05) is 0 Å². The second kappa shape index (κ2) is 5.49. The average molecular weight is 254 g/mol. The van der Waals surface area contributed by atoms with E-state index < -0.39 is 6.10 Å². The van der Waals surface area contributed by atoms with Gasteiger partial charge in [-0.3, -0.25) is 4.79 Å². The topological polar surface area (TPSA) is 84.6 Å². The Kier molecular flexibility index (Phi) is 3.98. The zero-order valence-corrected chi connectivity index (χ0v) is 10.5. The summed E-state index contributed by atoms with van der Waals surface area (Å²) in [7, 11) is 1.57. The normalized spacial score (nSPS) is 28.1. The lowest BCUT2D eigenvalue weighted by atomic mass is 9.90. The molecule has 0 spiro atoms. The molecule has 1 saturated carbocycles. The van der Waals surface area contributed by atoms with Gasteiger partial charge in [-0.2, -0.15) is 0 Å². The summed E-state index contributed by atoms with van der Waals surface area (Å²) in [5, 5.41) is 12.8. The van der Waals surface area contributed by atoms with Crippen LogP contribution in [0.4, 0.5) is 0 Å². The van der Waals surface area contributed by atoms with E-state index in [0.29, 0.717) is 5.76 Å². The van der Waals surface area contributed by atoms with Crippen LogP contribution in [0.1, 0.15) is 35.5 Å². The van der Waals surface area contributed by atoms with Gasteiger partial charge >= 0.3 is 0 Å². The Morgan fingerprint density at radius 2 is 2.39 bits per heavy atom. The predicted molar refractivity (Wildman–Crippen MR) is 63.1 cm³/mol. The molecule has 1 aliphatic carbocycles. The van der Waals surface area contributed by atoms with Gasteiger partial charge in [-0.25, -0.2) is 4.98 Å². The number of carbonyl (C=O) groups is 1. The minimum Gasteiger partial charge on any atom is -0.448 e. The van der Waals surface area contributed by atoms with E-state index in [9.17, 15) is 9.90 Å². The number of rotatable bonds is 3. The van der Waals surface area contributed by atoms with Crippen LogP contribution in [0.15, 0.2) is 10.8 Å². The lowest BCUT2D eigenvalue weighted by molar-refractivity contribution is -0.0513. The fourth-order valence-electron chi connectivity index (χ4n) is 2.31. The van der Waals surface area contributed by atoms with Crippen LogP contribution in [0.2, 0.25) is 0 Å². The summed E-state index contributed by atoms with van der Waals surface area (Å²) in [5.74, 6) is 0.156. The number of hydrogen-bond donors (Lipinski definition) is 2. The van der Waals surface area contributed by atoms with Crippen molar-refractivity contribution >= 4 is 5.91 Å². The van der Waals surface area contributed by atoms with Crippen molar-refractivity contribution in [3.05, 3.63) is 17.8 Å². The molecule has 0 aromatic carbocycles. The zero-order chi connectivity index (χ0) is 13.1. The average Bonchev–Trinajstić information content (AvgIpc) is 2.78. The lowest BCUT2D eigenvalue weighted by Gasteiger charge is -2.34. The number of carbonyl (C=O) groups excluding carboxylic acids is 1. The molecule has 0 aliphatic heterocycles. The van der Waals surface area contributed by atoms with Gasteiger partial charge in [-0.1, -0.05) is 0 Å².